The first-order chi connectivity index (χ1) is 10.2. The van der Waals surface area contributed by atoms with Gasteiger partial charge in [0.25, 0.3) is 0 Å². The number of aryl methyl sites for hydroxylation is 1. The highest BCUT2D eigenvalue weighted by Gasteiger charge is 2.08. The van der Waals surface area contributed by atoms with Crippen molar-refractivity contribution in [3.63, 3.8) is 0 Å². The number of ether oxygens (including phenoxy) is 1. The summed E-state index contributed by atoms with van der Waals surface area (Å²) in [6, 6.07) is 15.6. The topological polar surface area (TPSA) is 45.9 Å². The van der Waals surface area contributed by atoms with Crippen LogP contribution in [0.3, 0.4) is 0 Å². The summed E-state index contributed by atoms with van der Waals surface area (Å²) < 4.78 is 19.1. The van der Waals surface area contributed by atoms with E-state index in [0.29, 0.717) is 22.4 Å². The van der Waals surface area contributed by atoms with Crippen molar-refractivity contribution < 1.29 is 9.13 Å². The molecule has 0 atom stereocenters. The molecule has 0 aliphatic heterocycles. The Kier molecular flexibility index (Phi) is 3.25. The molecule has 0 bridgehead atoms. The van der Waals surface area contributed by atoms with Gasteiger partial charge in [-0.3, -0.25) is 0 Å². The van der Waals surface area contributed by atoms with E-state index in [1.807, 2.05) is 18.2 Å². The zero-order chi connectivity index (χ0) is 14.8. The lowest BCUT2D eigenvalue weighted by Crippen LogP contribution is -1.92. The number of benzene rings is 2. The molecule has 1 aromatic heterocycles. The van der Waals surface area contributed by atoms with Crippen LogP contribution in [-0.2, 0) is 0 Å². The summed E-state index contributed by atoms with van der Waals surface area (Å²) >= 11 is 0. The first-order valence-electron chi connectivity index (χ1n) is 6.41. The number of nitrogens with zero attached hydrogens (tertiary/aromatic N) is 2. The first-order valence-corrected chi connectivity index (χ1v) is 6.41. The molecule has 1 heterocycles. The van der Waals surface area contributed by atoms with E-state index in [-0.39, 0.29) is 11.7 Å². The molecule has 0 fully saturated rings. The lowest BCUT2D eigenvalue weighted by atomic mass is 10.1. The van der Waals surface area contributed by atoms with Crippen molar-refractivity contribution in [1.29, 1.82) is 5.26 Å². The van der Waals surface area contributed by atoms with Crippen molar-refractivity contribution in [2.75, 3.05) is 0 Å². The van der Waals surface area contributed by atoms with Crippen LogP contribution in [0.2, 0.25) is 0 Å². The fourth-order valence-electron chi connectivity index (χ4n) is 2.05. The van der Waals surface area contributed by atoms with Crippen molar-refractivity contribution in [3.05, 3.63) is 65.5 Å². The minimum absolute atomic E-state index is 0.272. The van der Waals surface area contributed by atoms with Gasteiger partial charge < -0.3 is 4.74 Å². The van der Waals surface area contributed by atoms with Crippen LogP contribution in [-0.4, -0.2) is 4.98 Å². The molecule has 0 unspecified atom stereocenters. The molecule has 0 aliphatic rings. The largest absolute Gasteiger partial charge is 0.439 e. The molecule has 2 aromatic carbocycles. The van der Waals surface area contributed by atoms with Gasteiger partial charge >= 0.3 is 0 Å². The average Bonchev–Trinajstić information content (AvgIpc) is 2.50. The third-order valence-corrected chi connectivity index (χ3v) is 3.18. The molecule has 3 nitrogen and oxygen atoms in total. The van der Waals surface area contributed by atoms with Gasteiger partial charge in [0, 0.05) is 17.5 Å². The van der Waals surface area contributed by atoms with Gasteiger partial charge in [-0.1, -0.05) is 24.3 Å². The van der Waals surface area contributed by atoms with E-state index in [9.17, 15) is 9.65 Å². The zero-order valence-electron chi connectivity index (χ0n) is 11.3. The van der Waals surface area contributed by atoms with Crippen LogP contribution in [0.15, 0.2) is 48.5 Å². The van der Waals surface area contributed by atoms with Crippen LogP contribution in [0, 0.1) is 24.1 Å². The van der Waals surface area contributed by atoms with E-state index in [1.54, 1.807) is 31.2 Å². The van der Waals surface area contributed by atoms with E-state index in [2.05, 4.69) is 11.1 Å². The Hall–Kier alpha value is -2.93. The van der Waals surface area contributed by atoms with E-state index in [4.69, 9.17) is 4.74 Å². The Morgan fingerprint density at radius 3 is 2.71 bits per heavy atom. The van der Waals surface area contributed by atoms with Gasteiger partial charge in [0.15, 0.2) is 0 Å². The molecular weight excluding hydrogens is 267 g/mol. The van der Waals surface area contributed by atoms with Crippen LogP contribution in [0.1, 0.15) is 11.1 Å². The number of rotatable bonds is 2. The van der Waals surface area contributed by atoms with Crippen LogP contribution in [0.5, 0.6) is 11.6 Å². The van der Waals surface area contributed by atoms with Gasteiger partial charge in [-0.15, -0.1) is 0 Å². The van der Waals surface area contributed by atoms with Crippen molar-refractivity contribution in [2.24, 2.45) is 0 Å². The van der Waals surface area contributed by atoms with Crippen molar-refractivity contribution in [3.8, 4) is 17.7 Å². The third-order valence-electron chi connectivity index (χ3n) is 3.18. The molecule has 0 radical (unpaired) electrons. The monoisotopic (exact) mass is 278 g/mol. The Balaban J connectivity index is 2.04. The van der Waals surface area contributed by atoms with Crippen LogP contribution in [0.25, 0.3) is 10.9 Å². The number of aromatic nitrogens is 1. The molecule has 4 heteroatoms. The molecule has 0 amide bonds. The van der Waals surface area contributed by atoms with Crippen LogP contribution >= 0.6 is 0 Å². The second-order valence-electron chi connectivity index (χ2n) is 4.65. The predicted octanol–water partition coefficient (Wildman–Crippen LogP) is 4.35. The summed E-state index contributed by atoms with van der Waals surface area (Å²) in [5, 5.41) is 9.98. The lowest BCUT2D eigenvalue weighted by Gasteiger charge is -2.08. The maximum atomic E-state index is 13.5. The maximum Gasteiger partial charge on any atom is 0.221 e. The summed E-state index contributed by atoms with van der Waals surface area (Å²) in [6.07, 6.45) is 0. The molecule has 0 N–H and O–H groups in total. The van der Waals surface area contributed by atoms with Crippen LogP contribution < -0.4 is 4.74 Å². The third kappa shape index (κ3) is 2.54. The van der Waals surface area contributed by atoms with Crippen molar-refractivity contribution >= 4 is 10.9 Å². The normalized spacial score (nSPS) is 10.3. The van der Waals surface area contributed by atoms with Gasteiger partial charge in [0.05, 0.1) is 11.1 Å². The van der Waals surface area contributed by atoms with Gasteiger partial charge in [-0.25, -0.2) is 9.37 Å². The standard InChI is InChI=1S/C17H11FN2O/c1-11-6-7-13(9-15(11)18)21-17-8-12(10-19)14-4-2-3-5-16(14)20-17/h2-9H,1H3. The lowest BCUT2D eigenvalue weighted by molar-refractivity contribution is 0.459. The Morgan fingerprint density at radius 1 is 1.14 bits per heavy atom. The highest BCUT2D eigenvalue weighted by atomic mass is 19.1. The number of nitriles is 1. The maximum absolute atomic E-state index is 13.5. The summed E-state index contributed by atoms with van der Waals surface area (Å²) in [6.45, 7) is 1.68. The van der Waals surface area contributed by atoms with E-state index in [0.717, 1.165) is 5.39 Å². The summed E-state index contributed by atoms with van der Waals surface area (Å²) in [4.78, 5) is 4.34. The van der Waals surface area contributed by atoms with E-state index < -0.39 is 0 Å². The quantitative estimate of drug-likeness (QED) is 0.700. The summed E-state index contributed by atoms with van der Waals surface area (Å²) in [7, 11) is 0. The minimum Gasteiger partial charge on any atom is -0.439 e. The fourth-order valence-corrected chi connectivity index (χ4v) is 2.05. The Labute approximate surface area is 121 Å². The smallest absolute Gasteiger partial charge is 0.221 e. The highest BCUT2D eigenvalue weighted by molar-refractivity contribution is 5.85. The molecule has 102 valence electrons. The number of pyridine rings is 1. The SMILES string of the molecule is Cc1ccc(Oc2cc(C#N)c3ccccc3n2)cc1F. The number of hydrogen-bond acceptors (Lipinski definition) is 3. The van der Waals surface area contributed by atoms with Gasteiger partial charge in [-0.05, 0) is 24.6 Å². The van der Waals surface area contributed by atoms with E-state index >= 15 is 0 Å². The molecule has 0 spiro atoms. The molecule has 3 aromatic rings. The van der Waals surface area contributed by atoms with E-state index in [1.165, 1.54) is 6.07 Å². The van der Waals surface area contributed by atoms with Gasteiger partial charge in [0.1, 0.15) is 17.6 Å². The Morgan fingerprint density at radius 2 is 1.95 bits per heavy atom. The van der Waals surface area contributed by atoms with Crippen molar-refractivity contribution in [1.82, 2.24) is 4.98 Å². The van der Waals surface area contributed by atoms with Gasteiger partial charge in [-0.2, -0.15) is 5.26 Å². The Bertz CT molecular complexity index is 868. The zero-order valence-corrected chi connectivity index (χ0v) is 11.3. The number of fused-ring (bicyclic) bond motifs is 1. The molecule has 21 heavy (non-hydrogen) atoms. The molecule has 3 rings (SSSR count). The van der Waals surface area contributed by atoms with Crippen LogP contribution in [0.4, 0.5) is 4.39 Å². The van der Waals surface area contributed by atoms with Crippen molar-refractivity contribution in [2.45, 2.75) is 6.92 Å². The highest BCUT2D eigenvalue weighted by Crippen LogP contribution is 2.26. The second-order valence-corrected chi connectivity index (χ2v) is 4.65. The molecule has 0 aliphatic carbocycles. The summed E-state index contributed by atoms with van der Waals surface area (Å²) in [5.74, 6) is 0.284. The van der Waals surface area contributed by atoms with Gasteiger partial charge in [0.2, 0.25) is 5.88 Å². The second kappa shape index (κ2) is 5.22. The molecule has 0 saturated heterocycles. The number of hydrogen-bond donors (Lipinski definition) is 0. The molecule has 0 saturated carbocycles. The molecular formula is C17H11FN2O. The number of halogens is 1. The number of para-hydroxylation sites is 1. The predicted molar refractivity (Wildman–Crippen MR) is 77.7 cm³/mol. The summed E-state index contributed by atoms with van der Waals surface area (Å²) in [5.41, 5.74) is 1.69. The minimum atomic E-state index is -0.339. The average molecular weight is 278 g/mol. The first kappa shape index (κ1) is 13.1. The fraction of sp³-hybridized carbons (Fsp3) is 0.0588.